The number of amides is 3. The summed E-state index contributed by atoms with van der Waals surface area (Å²) in [6.45, 7) is 0. The molecule has 0 fully saturated rings. The number of hydrogen-bond donors (Lipinski definition) is 2. The zero-order valence-corrected chi connectivity index (χ0v) is 19.0. The molecule has 1 aromatic heterocycles. The van der Waals surface area contributed by atoms with Gasteiger partial charge < -0.3 is 21.1 Å². The van der Waals surface area contributed by atoms with E-state index >= 15 is 0 Å². The lowest BCUT2D eigenvalue weighted by Crippen LogP contribution is -2.36. The van der Waals surface area contributed by atoms with E-state index in [1.165, 1.54) is 4.90 Å². The Kier molecular flexibility index (Phi) is 7.76. The maximum atomic E-state index is 12.8. The first-order valence-corrected chi connectivity index (χ1v) is 10.5. The minimum atomic E-state index is -1.06. The number of carbonyl (C=O) groups is 3. The van der Waals surface area contributed by atoms with Gasteiger partial charge in [-0.2, -0.15) is 0 Å². The second kappa shape index (κ2) is 10.9. The average molecular weight is 459 g/mol. The van der Waals surface area contributed by atoms with Gasteiger partial charge in [-0.1, -0.05) is 30.3 Å². The van der Waals surface area contributed by atoms with E-state index in [0.29, 0.717) is 17.1 Å². The van der Waals surface area contributed by atoms with E-state index in [2.05, 4.69) is 4.98 Å². The van der Waals surface area contributed by atoms with Crippen molar-refractivity contribution in [2.75, 3.05) is 14.1 Å². The maximum Gasteiger partial charge on any atom is 0.253 e. The molecule has 174 valence electrons. The molecular formula is C26H26N4O4. The van der Waals surface area contributed by atoms with Crippen molar-refractivity contribution in [2.45, 2.75) is 6.42 Å². The molecule has 0 saturated carbocycles. The van der Waals surface area contributed by atoms with Crippen LogP contribution in [0.1, 0.15) is 16.7 Å². The van der Waals surface area contributed by atoms with Gasteiger partial charge in [0.05, 0.1) is 0 Å². The zero-order chi connectivity index (χ0) is 24.7. The molecule has 4 N–H and O–H groups in total. The highest BCUT2D eigenvalue weighted by Gasteiger charge is 2.22. The third kappa shape index (κ3) is 6.29. The molecule has 8 nitrogen and oxygen atoms in total. The molecule has 0 unspecified atom stereocenters. The molecule has 3 aromatic rings. The lowest BCUT2D eigenvalue weighted by atomic mass is 9.98. The number of rotatable bonds is 9. The predicted octanol–water partition coefficient (Wildman–Crippen LogP) is 2.63. The number of ether oxygens (including phenoxy) is 1. The predicted molar refractivity (Wildman–Crippen MR) is 129 cm³/mol. The summed E-state index contributed by atoms with van der Waals surface area (Å²) in [6.07, 6.45) is 5.30. The maximum absolute atomic E-state index is 12.8. The Morgan fingerprint density at radius 2 is 1.53 bits per heavy atom. The lowest BCUT2D eigenvalue weighted by Gasteiger charge is -2.15. The molecule has 0 aliphatic heterocycles. The Bertz CT molecular complexity index is 1170. The Hall–Kier alpha value is -4.46. The van der Waals surface area contributed by atoms with Crippen LogP contribution in [0.5, 0.6) is 11.5 Å². The van der Waals surface area contributed by atoms with Gasteiger partial charge in [-0.05, 0) is 59.5 Å². The second-order valence-electron chi connectivity index (χ2n) is 7.88. The number of carbonyl (C=O) groups excluding carboxylic acids is 3. The number of primary amides is 2. The zero-order valence-electron chi connectivity index (χ0n) is 19.0. The van der Waals surface area contributed by atoms with Gasteiger partial charge in [-0.3, -0.25) is 19.4 Å². The van der Waals surface area contributed by atoms with Crippen molar-refractivity contribution >= 4 is 29.4 Å². The Balaban J connectivity index is 1.75. The van der Waals surface area contributed by atoms with Crippen molar-refractivity contribution in [3.8, 4) is 11.5 Å². The van der Waals surface area contributed by atoms with E-state index in [1.54, 1.807) is 69.0 Å². The van der Waals surface area contributed by atoms with E-state index in [1.807, 2.05) is 24.3 Å². The lowest BCUT2D eigenvalue weighted by molar-refractivity contribution is -0.131. The summed E-state index contributed by atoms with van der Waals surface area (Å²) in [4.78, 5) is 41.1. The monoisotopic (exact) mass is 458 g/mol. The summed E-state index contributed by atoms with van der Waals surface area (Å²) in [5.74, 6) is -1.53. The van der Waals surface area contributed by atoms with Gasteiger partial charge in [-0.25, -0.2) is 0 Å². The number of aromatic nitrogens is 1. The molecule has 3 amide bonds. The first-order valence-electron chi connectivity index (χ1n) is 10.5. The van der Waals surface area contributed by atoms with Crippen molar-refractivity contribution in [2.24, 2.45) is 17.4 Å². The molecular weight excluding hydrogens is 432 g/mol. The molecule has 3 rings (SSSR count). The van der Waals surface area contributed by atoms with Crippen LogP contribution in [0.2, 0.25) is 0 Å². The van der Waals surface area contributed by atoms with Crippen LogP contribution in [0.3, 0.4) is 0 Å². The van der Waals surface area contributed by atoms with Crippen LogP contribution in [-0.4, -0.2) is 41.7 Å². The van der Waals surface area contributed by atoms with E-state index in [-0.39, 0.29) is 12.3 Å². The second-order valence-corrected chi connectivity index (χ2v) is 7.88. The van der Waals surface area contributed by atoms with Crippen molar-refractivity contribution in [1.29, 1.82) is 0 Å². The van der Waals surface area contributed by atoms with Crippen LogP contribution in [0.25, 0.3) is 11.6 Å². The Morgan fingerprint density at radius 3 is 2.03 bits per heavy atom. The quantitative estimate of drug-likeness (QED) is 0.376. The highest BCUT2D eigenvalue weighted by Crippen LogP contribution is 2.26. The van der Waals surface area contributed by atoms with E-state index < -0.39 is 17.7 Å². The van der Waals surface area contributed by atoms with Crippen LogP contribution in [-0.2, 0) is 20.8 Å². The van der Waals surface area contributed by atoms with Crippen LogP contribution in [0, 0.1) is 5.92 Å². The van der Waals surface area contributed by atoms with E-state index in [4.69, 9.17) is 16.2 Å². The molecule has 0 bridgehead atoms. The molecule has 0 aliphatic rings. The molecule has 1 heterocycles. The topological polar surface area (TPSA) is 129 Å². The largest absolute Gasteiger partial charge is 0.457 e. The fourth-order valence-corrected chi connectivity index (χ4v) is 3.25. The summed E-state index contributed by atoms with van der Waals surface area (Å²) in [6, 6.07) is 17.8. The average Bonchev–Trinajstić information content (AvgIpc) is 2.82. The fourth-order valence-electron chi connectivity index (χ4n) is 3.25. The summed E-state index contributed by atoms with van der Waals surface area (Å²) in [7, 11) is 3.41. The minimum Gasteiger partial charge on any atom is -0.457 e. The highest BCUT2D eigenvalue weighted by molar-refractivity contribution is 6.24. The molecule has 0 atom stereocenters. The number of nitrogens with zero attached hydrogens (tertiary/aromatic N) is 2. The molecule has 34 heavy (non-hydrogen) atoms. The van der Waals surface area contributed by atoms with Crippen LogP contribution in [0.15, 0.2) is 73.1 Å². The van der Waals surface area contributed by atoms with Crippen molar-refractivity contribution in [3.05, 3.63) is 89.7 Å². The standard InChI is InChI=1S/C26H26N4O4/c1-30(2)26(33)22(15-18-4-3-13-29-16-18)19-7-11-21(12-8-19)34-20-9-5-17(6-10-20)14-23(24(27)31)25(28)32/h3-13,15-16,23H,14H2,1-2H3,(H2,27,31)(H2,28,32)/b22-15+. The number of nitrogens with two attached hydrogens (primary N) is 2. The number of benzene rings is 2. The first kappa shape index (κ1) is 24.2. The summed E-state index contributed by atoms with van der Waals surface area (Å²) in [5, 5.41) is 0. The SMILES string of the molecule is CN(C)C(=O)/C(=C/c1cccnc1)c1ccc(Oc2ccc(CC(C(N)=O)C(N)=O)cc2)cc1. The molecule has 0 radical (unpaired) electrons. The fraction of sp³-hybridized carbons (Fsp3) is 0.154. The normalized spacial score (nSPS) is 11.2. The third-order valence-electron chi connectivity index (χ3n) is 5.08. The van der Waals surface area contributed by atoms with Gasteiger partial charge in [0.25, 0.3) is 5.91 Å². The molecule has 8 heteroatoms. The van der Waals surface area contributed by atoms with Crippen LogP contribution >= 0.6 is 0 Å². The van der Waals surface area contributed by atoms with Gasteiger partial charge in [0.15, 0.2) is 0 Å². The minimum absolute atomic E-state index is 0.127. The van der Waals surface area contributed by atoms with Gasteiger partial charge in [0, 0.05) is 32.1 Å². The van der Waals surface area contributed by atoms with Crippen molar-refractivity contribution in [1.82, 2.24) is 9.88 Å². The smallest absolute Gasteiger partial charge is 0.253 e. The Labute approximate surface area is 197 Å². The van der Waals surface area contributed by atoms with Crippen LogP contribution < -0.4 is 16.2 Å². The van der Waals surface area contributed by atoms with Crippen molar-refractivity contribution < 1.29 is 19.1 Å². The van der Waals surface area contributed by atoms with Gasteiger partial charge in [0.2, 0.25) is 11.8 Å². The third-order valence-corrected chi connectivity index (χ3v) is 5.08. The highest BCUT2D eigenvalue weighted by atomic mass is 16.5. The van der Waals surface area contributed by atoms with Crippen LogP contribution in [0.4, 0.5) is 0 Å². The Morgan fingerprint density at radius 1 is 0.941 bits per heavy atom. The van der Waals surface area contributed by atoms with Gasteiger partial charge >= 0.3 is 0 Å². The van der Waals surface area contributed by atoms with E-state index in [0.717, 1.165) is 16.7 Å². The summed E-state index contributed by atoms with van der Waals surface area (Å²) >= 11 is 0. The molecule has 0 spiro atoms. The number of hydrogen-bond acceptors (Lipinski definition) is 5. The van der Waals surface area contributed by atoms with E-state index in [9.17, 15) is 14.4 Å². The van der Waals surface area contributed by atoms with Gasteiger partial charge in [-0.15, -0.1) is 0 Å². The number of pyridine rings is 1. The summed E-state index contributed by atoms with van der Waals surface area (Å²) < 4.78 is 5.89. The molecule has 0 saturated heterocycles. The van der Waals surface area contributed by atoms with Gasteiger partial charge in [0.1, 0.15) is 17.4 Å². The molecule has 0 aliphatic carbocycles. The first-order chi connectivity index (χ1) is 16.2. The number of likely N-dealkylation sites (N-methyl/N-ethyl adjacent to an activating group) is 1. The van der Waals surface area contributed by atoms with Crippen molar-refractivity contribution in [3.63, 3.8) is 0 Å². The molecule has 2 aromatic carbocycles. The summed E-state index contributed by atoms with van der Waals surface area (Å²) in [5.41, 5.74) is 13.3.